The molecule has 0 amide bonds. The summed E-state index contributed by atoms with van der Waals surface area (Å²) in [5.41, 5.74) is 4.25. The number of methoxy groups -OCH3 is 1. The second kappa shape index (κ2) is 12.3. The minimum absolute atomic E-state index is 0.0139. The van der Waals surface area contributed by atoms with E-state index in [9.17, 15) is 14.4 Å². The predicted octanol–water partition coefficient (Wildman–Crippen LogP) is 5.28. The molecule has 0 spiro atoms. The SMILES string of the molecule is CCSCCOC(=O)C1=C(C)NC2=C(C(=O)C[C@H](c3ccccc3)C2)[C@@H]1c1ccc(OC(C)=O)c(OC)c1. The fraction of sp³-hybridized carbons (Fsp3) is 0.367. The summed E-state index contributed by atoms with van der Waals surface area (Å²) < 4.78 is 16.4. The van der Waals surface area contributed by atoms with Crippen LogP contribution >= 0.6 is 11.8 Å². The average molecular weight is 536 g/mol. The van der Waals surface area contributed by atoms with Crippen molar-refractivity contribution in [3.63, 3.8) is 0 Å². The normalized spacial score (nSPS) is 19.0. The van der Waals surface area contributed by atoms with Crippen LogP contribution in [0.25, 0.3) is 0 Å². The van der Waals surface area contributed by atoms with Gasteiger partial charge in [-0.25, -0.2) is 4.79 Å². The zero-order valence-corrected chi connectivity index (χ0v) is 23.0. The topological polar surface area (TPSA) is 90.9 Å². The lowest BCUT2D eigenvalue weighted by Gasteiger charge is -2.36. The summed E-state index contributed by atoms with van der Waals surface area (Å²) in [6, 6.07) is 15.1. The highest BCUT2D eigenvalue weighted by Gasteiger charge is 2.41. The van der Waals surface area contributed by atoms with Crippen molar-refractivity contribution in [3.05, 3.63) is 82.2 Å². The molecule has 1 aliphatic carbocycles. The molecule has 1 aliphatic heterocycles. The van der Waals surface area contributed by atoms with Crippen molar-refractivity contribution < 1.29 is 28.6 Å². The molecule has 200 valence electrons. The van der Waals surface area contributed by atoms with Crippen LogP contribution < -0.4 is 14.8 Å². The minimum atomic E-state index is -0.637. The van der Waals surface area contributed by atoms with Crippen molar-refractivity contribution in [2.24, 2.45) is 0 Å². The van der Waals surface area contributed by atoms with Crippen LogP contribution in [0.2, 0.25) is 0 Å². The highest BCUT2D eigenvalue weighted by atomic mass is 32.2. The van der Waals surface area contributed by atoms with Crippen LogP contribution in [-0.4, -0.2) is 42.9 Å². The highest BCUT2D eigenvalue weighted by molar-refractivity contribution is 7.99. The van der Waals surface area contributed by atoms with Gasteiger partial charge in [0.2, 0.25) is 0 Å². The van der Waals surface area contributed by atoms with Crippen LogP contribution in [0.3, 0.4) is 0 Å². The third-order valence-corrected chi connectivity index (χ3v) is 7.62. The number of carbonyl (C=O) groups is 3. The van der Waals surface area contributed by atoms with Crippen molar-refractivity contribution in [1.29, 1.82) is 0 Å². The summed E-state index contributed by atoms with van der Waals surface area (Å²) in [6.45, 7) is 5.50. The fourth-order valence-electron chi connectivity index (χ4n) is 5.12. The molecular weight excluding hydrogens is 502 g/mol. The highest BCUT2D eigenvalue weighted by Crippen LogP contribution is 2.47. The first-order valence-corrected chi connectivity index (χ1v) is 13.9. The molecule has 0 bridgehead atoms. The van der Waals surface area contributed by atoms with Crippen LogP contribution in [0.15, 0.2) is 71.1 Å². The van der Waals surface area contributed by atoms with Gasteiger partial charge in [-0.1, -0.05) is 43.3 Å². The van der Waals surface area contributed by atoms with Crippen LogP contribution in [0.1, 0.15) is 56.6 Å². The summed E-state index contributed by atoms with van der Waals surface area (Å²) in [5, 5.41) is 3.38. The lowest BCUT2D eigenvalue weighted by atomic mass is 9.71. The Balaban J connectivity index is 1.77. The molecular formula is C30H33NO6S. The minimum Gasteiger partial charge on any atom is -0.493 e. The summed E-state index contributed by atoms with van der Waals surface area (Å²) in [4.78, 5) is 38.8. The first-order valence-electron chi connectivity index (χ1n) is 12.7. The number of carbonyl (C=O) groups excluding carboxylic acids is 3. The van der Waals surface area contributed by atoms with Gasteiger partial charge in [0.1, 0.15) is 6.61 Å². The van der Waals surface area contributed by atoms with Crippen molar-refractivity contribution in [2.45, 2.75) is 45.4 Å². The van der Waals surface area contributed by atoms with Crippen molar-refractivity contribution in [2.75, 3.05) is 25.2 Å². The molecule has 0 aromatic heterocycles. The van der Waals surface area contributed by atoms with E-state index in [-0.39, 0.29) is 24.1 Å². The van der Waals surface area contributed by atoms with Crippen LogP contribution in [0, 0.1) is 0 Å². The summed E-state index contributed by atoms with van der Waals surface area (Å²) in [5.74, 6) is 0.715. The van der Waals surface area contributed by atoms with Crippen molar-refractivity contribution in [3.8, 4) is 11.5 Å². The Morgan fingerprint density at radius 3 is 2.50 bits per heavy atom. The second-order valence-electron chi connectivity index (χ2n) is 9.26. The van der Waals surface area contributed by atoms with Gasteiger partial charge in [0.05, 0.1) is 12.7 Å². The quantitative estimate of drug-likeness (QED) is 0.264. The average Bonchev–Trinajstić information content (AvgIpc) is 2.90. The summed E-state index contributed by atoms with van der Waals surface area (Å²) >= 11 is 1.69. The van der Waals surface area contributed by atoms with Crippen molar-refractivity contribution >= 4 is 29.5 Å². The van der Waals surface area contributed by atoms with E-state index in [0.29, 0.717) is 46.8 Å². The van der Waals surface area contributed by atoms with Gasteiger partial charge in [-0.3, -0.25) is 9.59 Å². The molecule has 0 radical (unpaired) electrons. The number of hydrogen-bond acceptors (Lipinski definition) is 8. The van der Waals surface area contributed by atoms with E-state index in [2.05, 4.69) is 12.2 Å². The van der Waals surface area contributed by atoms with Crippen LogP contribution in [0.4, 0.5) is 0 Å². The Hall–Kier alpha value is -3.52. The largest absolute Gasteiger partial charge is 0.493 e. The van der Waals surface area contributed by atoms with Gasteiger partial charge in [-0.05, 0) is 48.3 Å². The molecule has 7 nitrogen and oxygen atoms in total. The van der Waals surface area contributed by atoms with Crippen LogP contribution in [-0.2, 0) is 19.1 Å². The molecule has 0 unspecified atom stereocenters. The van der Waals surface area contributed by atoms with Gasteiger partial charge in [0.15, 0.2) is 17.3 Å². The standard InChI is InChI=1S/C30H33NO6S/c1-5-38-14-13-36-30(34)27-18(2)31-23-15-22(20-9-7-6-8-10-20)16-24(33)29(23)28(27)21-11-12-25(37-19(3)32)26(17-21)35-4/h6-12,17,22,28,31H,5,13-16H2,1-4H3/t22-,28-/m1/s1. The third kappa shape index (κ3) is 5.96. The van der Waals surface area contributed by atoms with Gasteiger partial charge in [-0.2, -0.15) is 11.8 Å². The zero-order chi connectivity index (χ0) is 27.2. The predicted molar refractivity (Wildman–Crippen MR) is 147 cm³/mol. The van der Waals surface area contributed by atoms with Gasteiger partial charge < -0.3 is 19.5 Å². The summed E-state index contributed by atoms with van der Waals surface area (Å²) in [6.07, 6.45) is 0.995. The van der Waals surface area contributed by atoms with E-state index in [4.69, 9.17) is 14.2 Å². The number of hydrogen-bond donors (Lipinski definition) is 1. The number of ketones is 1. The molecule has 2 aliphatic rings. The Kier molecular flexibility index (Phi) is 8.94. The molecule has 0 saturated heterocycles. The zero-order valence-electron chi connectivity index (χ0n) is 22.2. The van der Waals surface area contributed by atoms with Gasteiger partial charge in [0, 0.05) is 42.0 Å². The number of nitrogens with one attached hydrogen (secondary N) is 1. The Morgan fingerprint density at radius 2 is 1.82 bits per heavy atom. The maximum atomic E-state index is 13.8. The van der Waals surface area contributed by atoms with Gasteiger partial charge >= 0.3 is 11.9 Å². The van der Waals surface area contributed by atoms with E-state index in [0.717, 1.165) is 17.0 Å². The number of ether oxygens (including phenoxy) is 3. The fourth-order valence-corrected chi connectivity index (χ4v) is 5.61. The second-order valence-corrected chi connectivity index (χ2v) is 10.7. The molecule has 2 atom stereocenters. The third-order valence-electron chi connectivity index (χ3n) is 6.76. The van der Waals surface area contributed by atoms with E-state index in [1.165, 1.54) is 14.0 Å². The molecule has 2 aromatic carbocycles. The van der Waals surface area contributed by atoms with E-state index >= 15 is 0 Å². The van der Waals surface area contributed by atoms with E-state index < -0.39 is 17.9 Å². The lowest BCUT2D eigenvalue weighted by molar-refractivity contribution is -0.138. The number of allylic oxidation sites excluding steroid dienone is 3. The molecule has 38 heavy (non-hydrogen) atoms. The smallest absolute Gasteiger partial charge is 0.336 e. The monoisotopic (exact) mass is 535 g/mol. The van der Waals surface area contributed by atoms with Gasteiger partial charge in [0.25, 0.3) is 0 Å². The molecule has 8 heteroatoms. The lowest BCUT2D eigenvalue weighted by Crippen LogP contribution is -2.36. The molecule has 4 rings (SSSR count). The number of thioether (sulfide) groups is 1. The maximum absolute atomic E-state index is 13.8. The Bertz CT molecular complexity index is 1280. The molecule has 0 fully saturated rings. The molecule has 1 N–H and O–H groups in total. The van der Waals surface area contributed by atoms with Crippen LogP contribution in [0.5, 0.6) is 11.5 Å². The number of dihydropyridines is 1. The summed E-state index contributed by atoms with van der Waals surface area (Å²) in [7, 11) is 1.48. The molecule has 1 heterocycles. The molecule has 0 saturated carbocycles. The number of benzene rings is 2. The number of esters is 2. The van der Waals surface area contributed by atoms with E-state index in [1.54, 1.807) is 30.0 Å². The molecule has 2 aromatic rings. The Labute approximate surface area is 227 Å². The first kappa shape index (κ1) is 27.5. The number of Topliss-reactive ketones (excluding diaryl/α,β-unsaturated/α-hetero) is 1. The first-order chi connectivity index (χ1) is 18.3. The Morgan fingerprint density at radius 1 is 1.05 bits per heavy atom. The van der Waals surface area contributed by atoms with Crippen molar-refractivity contribution in [1.82, 2.24) is 5.32 Å². The van der Waals surface area contributed by atoms with E-state index in [1.807, 2.05) is 37.3 Å². The maximum Gasteiger partial charge on any atom is 0.336 e. The van der Waals surface area contributed by atoms with Gasteiger partial charge in [-0.15, -0.1) is 0 Å². The number of rotatable bonds is 9.